The first kappa shape index (κ1) is 15.3. The Morgan fingerprint density at radius 2 is 2.10 bits per heavy atom. The number of rotatable bonds is 4. The fourth-order valence-corrected chi connectivity index (χ4v) is 2.13. The average molecular weight is 305 g/mol. The third-order valence-corrected chi connectivity index (χ3v) is 3.38. The van der Waals surface area contributed by atoms with Crippen LogP contribution < -0.4 is 10.5 Å². The molecule has 0 heterocycles. The fraction of sp³-hybridized carbons (Fsp3) is 0.188. The summed E-state index contributed by atoms with van der Waals surface area (Å²) >= 11 is 6.08. The first-order chi connectivity index (χ1) is 10.0. The lowest BCUT2D eigenvalue weighted by Gasteiger charge is -2.14. The molecule has 108 valence electrons. The van der Waals surface area contributed by atoms with Crippen LogP contribution in [-0.4, -0.2) is 0 Å². The maximum Gasteiger partial charge on any atom is 0.127 e. The van der Waals surface area contributed by atoms with Gasteiger partial charge in [0.05, 0.1) is 11.6 Å². The average Bonchev–Trinajstić information content (AvgIpc) is 2.45. The molecule has 0 aromatic heterocycles. The summed E-state index contributed by atoms with van der Waals surface area (Å²) in [5, 5.41) is 9.23. The van der Waals surface area contributed by atoms with Crippen molar-refractivity contribution in [2.75, 3.05) is 0 Å². The van der Waals surface area contributed by atoms with Crippen LogP contribution >= 0.6 is 11.6 Å². The molecule has 2 N–H and O–H groups in total. The van der Waals surface area contributed by atoms with Gasteiger partial charge in [0.1, 0.15) is 18.2 Å². The molecule has 0 aliphatic carbocycles. The van der Waals surface area contributed by atoms with E-state index in [0.717, 1.165) is 11.1 Å². The van der Waals surface area contributed by atoms with Crippen LogP contribution in [0.15, 0.2) is 36.4 Å². The van der Waals surface area contributed by atoms with E-state index in [2.05, 4.69) is 0 Å². The molecule has 0 radical (unpaired) electrons. The van der Waals surface area contributed by atoms with E-state index < -0.39 is 0 Å². The van der Waals surface area contributed by atoms with Gasteiger partial charge in [-0.3, -0.25) is 0 Å². The molecular formula is C16H14ClFN2O. The van der Waals surface area contributed by atoms with Gasteiger partial charge in [-0.15, -0.1) is 0 Å². The number of hydrogen-bond donors (Lipinski definition) is 1. The highest BCUT2D eigenvalue weighted by molar-refractivity contribution is 6.31. The van der Waals surface area contributed by atoms with Gasteiger partial charge >= 0.3 is 0 Å². The third-order valence-electron chi connectivity index (χ3n) is 3.03. The van der Waals surface area contributed by atoms with E-state index in [-0.39, 0.29) is 18.5 Å². The highest BCUT2D eigenvalue weighted by Gasteiger charge is 2.11. The molecule has 0 saturated carbocycles. The molecule has 0 amide bonds. The summed E-state index contributed by atoms with van der Waals surface area (Å²) in [5.41, 5.74) is 7.76. The highest BCUT2D eigenvalue weighted by Crippen LogP contribution is 2.27. The second-order valence-corrected chi connectivity index (χ2v) is 5.08. The summed E-state index contributed by atoms with van der Waals surface area (Å²) in [6, 6.07) is 10.9. The van der Waals surface area contributed by atoms with Crippen molar-refractivity contribution in [3.05, 3.63) is 63.9 Å². The van der Waals surface area contributed by atoms with Gasteiger partial charge in [-0.25, -0.2) is 4.39 Å². The topological polar surface area (TPSA) is 59.0 Å². The van der Waals surface area contributed by atoms with Gasteiger partial charge in [0.25, 0.3) is 0 Å². The summed E-state index contributed by atoms with van der Waals surface area (Å²) in [4.78, 5) is 0. The molecule has 2 aromatic rings. The standard InChI is InChI=1S/C16H14ClFN2O/c1-10(20)14-5-4-13(18)7-16(14)21-9-12-3-2-11(8-19)6-15(12)17/h2-7,10H,9,20H2,1H3/t10-/m1/s1. The molecule has 0 bridgehead atoms. The smallest absolute Gasteiger partial charge is 0.127 e. The predicted molar refractivity (Wildman–Crippen MR) is 79.5 cm³/mol. The Bertz CT molecular complexity index is 695. The molecule has 2 rings (SSSR count). The minimum Gasteiger partial charge on any atom is -0.488 e. The van der Waals surface area contributed by atoms with Crippen molar-refractivity contribution in [2.24, 2.45) is 5.73 Å². The predicted octanol–water partition coefficient (Wildman–Crippen LogP) is 3.95. The number of benzene rings is 2. The Balaban J connectivity index is 2.20. The lowest BCUT2D eigenvalue weighted by Crippen LogP contribution is -2.08. The largest absolute Gasteiger partial charge is 0.488 e. The number of ether oxygens (including phenoxy) is 1. The van der Waals surface area contributed by atoms with Crippen molar-refractivity contribution >= 4 is 11.6 Å². The fourth-order valence-electron chi connectivity index (χ4n) is 1.90. The van der Waals surface area contributed by atoms with E-state index in [0.29, 0.717) is 16.3 Å². The maximum absolute atomic E-state index is 13.3. The van der Waals surface area contributed by atoms with Crippen molar-refractivity contribution in [2.45, 2.75) is 19.6 Å². The van der Waals surface area contributed by atoms with Gasteiger partial charge in [-0.2, -0.15) is 5.26 Å². The number of nitrogens with two attached hydrogens (primary N) is 1. The maximum atomic E-state index is 13.3. The molecule has 1 atom stereocenters. The molecule has 0 aliphatic heterocycles. The van der Waals surface area contributed by atoms with E-state index in [1.165, 1.54) is 12.1 Å². The lowest BCUT2D eigenvalue weighted by molar-refractivity contribution is 0.300. The summed E-state index contributed by atoms with van der Waals surface area (Å²) in [5.74, 6) is 0.00533. The SMILES string of the molecule is C[C@@H](N)c1ccc(F)cc1OCc1ccc(C#N)cc1Cl. The molecule has 0 saturated heterocycles. The summed E-state index contributed by atoms with van der Waals surface area (Å²) < 4.78 is 19.0. The molecular weight excluding hydrogens is 291 g/mol. The lowest BCUT2D eigenvalue weighted by atomic mass is 10.1. The molecule has 0 spiro atoms. The number of nitrogens with zero attached hydrogens (tertiary/aromatic N) is 1. The van der Waals surface area contributed by atoms with Crippen LogP contribution in [0.1, 0.15) is 29.7 Å². The van der Waals surface area contributed by atoms with E-state index in [9.17, 15) is 4.39 Å². The molecule has 0 aliphatic rings. The molecule has 2 aromatic carbocycles. The van der Waals surface area contributed by atoms with Crippen molar-refractivity contribution in [1.29, 1.82) is 5.26 Å². The van der Waals surface area contributed by atoms with Crippen LogP contribution in [0.3, 0.4) is 0 Å². The minimum atomic E-state index is -0.389. The minimum absolute atomic E-state index is 0.174. The van der Waals surface area contributed by atoms with Crippen LogP contribution in [0.25, 0.3) is 0 Å². The van der Waals surface area contributed by atoms with E-state index in [4.69, 9.17) is 27.3 Å². The van der Waals surface area contributed by atoms with Crippen molar-refractivity contribution < 1.29 is 9.13 Å². The molecule has 0 unspecified atom stereocenters. The Morgan fingerprint density at radius 3 is 2.71 bits per heavy atom. The van der Waals surface area contributed by atoms with Gasteiger partial charge in [0.2, 0.25) is 0 Å². The molecule has 21 heavy (non-hydrogen) atoms. The number of nitriles is 1. The van der Waals surface area contributed by atoms with Gasteiger partial charge in [0, 0.05) is 28.3 Å². The van der Waals surface area contributed by atoms with Crippen LogP contribution in [-0.2, 0) is 6.61 Å². The van der Waals surface area contributed by atoms with Gasteiger partial charge in [0.15, 0.2) is 0 Å². The monoisotopic (exact) mass is 304 g/mol. The van der Waals surface area contributed by atoms with E-state index >= 15 is 0 Å². The Labute approximate surface area is 127 Å². The summed E-state index contributed by atoms with van der Waals surface area (Å²) in [6.07, 6.45) is 0. The zero-order valence-corrected chi connectivity index (χ0v) is 12.2. The molecule has 5 heteroatoms. The van der Waals surface area contributed by atoms with Crippen LogP contribution in [0.4, 0.5) is 4.39 Å². The summed E-state index contributed by atoms with van der Waals surface area (Å²) in [6.45, 7) is 1.97. The van der Waals surface area contributed by atoms with Crippen molar-refractivity contribution in [3.8, 4) is 11.8 Å². The van der Waals surface area contributed by atoms with Crippen LogP contribution in [0, 0.1) is 17.1 Å². The van der Waals surface area contributed by atoms with E-state index in [1.807, 2.05) is 6.07 Å². The Kier molecular flexibility index (Phi) is 4.79. The second kappa shape index (κ2) is 6.57. The highest BCUT2D eigenvalue weighted by atomic mass is 35.5. The molecule has 0 fully saturated rings. The zero-order chi connectivity index (χ0) is 15.4. The first-order valence-corrected chi connectivity index (χ1v) is 6.75. The second-order valence-electron chi connectivity index (χ2n) is 4.68. The zero-order valence-electron chi connectivity index (χ0n) is 11.4. The Morgan fingerprint density at radius 1 is 1.33 bits per heavy atom. The van der Waals surface area contributed by atoms with Crippen molar-refractivity contribution in [1.82, 2.24) is 0 Å². The first-order valence-electron chi connectivity index (χ1n) is 6.37. The number of hydrogen-bond acceptors (Lipinski definition) is 3. The van der Waals surface area contributed by atoms with E-state index in [1.54, 1.807) is 31.2 Å². The third kappa shape index (κ3) is 3.72. The van der Waals surface area contributed by atoms with Gasteiger partial charge < -0.3 is 10.5 Å². The number of halogens is 2. The van der Waals surface area contributed by atoms with Gasteiger partial charge in [-0.1, -0.05) is 23.7 Å². The van der Waals surface area contributed by atoms with Crippen molar-refractivity contribution in [3.63, 3.8) is 0 Å². The Hall–Kier alpha value is -2.09. The van der Waals surface area contributed by atoms with Crippen LogP contribution in [0.2, 0.25) is 5.02 Å². The molecule has 3 nitrogen and oxygen atoms in total. The normalized spacial score (nSPS) is 11.8. The van der Waals surface area contributed by atoms with Crippen LogP contribution in [0.5, 0.6) is 5.75 Å². The quantitative estimate of drug-likeness (QED) is 0.930. The summed E-state index contributed by atoms with van der Waals surface area (Å²) in [7, 11) is 0. The van der Waals surface area contributed by atoms with Gasteiger partial charge in [-0.05, 0) is 25.1 Å².